The molecule has 0 aromatic carbocycles. The number of anilines is 1. The number of hydrogen-bond donors (Lipinski definition) is 1. The van der Waals surface area contributed by atoms with Crippen LogP contribution in [0, 0.1) is 12.8 Å². The molecule has 0 spiro atoms. The second-order valence-electron chi connectivity index (χ2n) is 6.60. The molecule has 4 rings (SSSR count). The van der Waals surface area contributed by atoms with Crippen LogP contribution < -0.4 is 10.2 Å². The number of fused-ring (bicyclic) bond motifs is 1. The summed E-state index contributed by atoms with van der Waals surface area (Å²) in [7, 11) is 1.89. The van der Waals surface area contributed by atoms with Gasteiger partial charge in [0.25, 0.3) is 0 Å². The zero-order valence-electron chi connectivity index (χ0n) is 14.2. The van der Waals surface area contributed by atoms with E-state index >= 15 is 0 Å². The van der Waals surface area contributed by atoms with Crippen LogP contribution in [0.25, 0.3) is 11.0 Å². The van der Waals surface area contributed by atoms with E-state index in [1.165, 1.54) is 0 Å². The molecular formula is C16H23N7O. The van der Waals surface area contributed by atoms with Crippen molar-refractivity contribution in [3.63, 3.8) is 0 Å². The van der Waals surface area contributed by atoms with E-state index < -0.39 is 0 Å². The summed E-state index contributed by atoms with van der Waals surface area (Å²) in [5, 5.41) is 8.55. The Labute approximate surface area is 140 Å². The maximum atomic E-state index is 12.5. The normalized spacial score (nSPS) is 21.7. The van der Waals surface area contributed by atoms with Crippen LogP contribution in [-0.2, 0) is 11.8 Å². The predicted molar refractivity (Wildman–Crippen MR) is 90.8 cm³/mol. The molecule has 2 saturated heterocycles. The van der Waals surface area contributed by atoms with E-state index in [-0.39, 0.29) is 5.92 Å². The summed E-state index contributed by atoms with van der Waals surface area (Å²) >= 11 is 0. The Morgan fingerprint density at radius 1 is 1.25 bits per heavy atom. The van der Waals surface area contributed by atoms with Crippen LogP contribution in [0.2, 0.25) is 0 Å². The Morgan fingerprint density at radius 3 is 2.75 bits per heavy atom. The molecule has 1 N–H and O–H groups in total. The van der Waals surface area contributed by atoms with Gasteiger partial charge in [0, 0.05) is 39.8 Å². The molecule has 0 saturated carbocycles. The highest BCUT2D eigenvalue weighted by molar-refractivity contribution is 5.87. The fourth-order valence-electron chi connectivity index (χ4n) is 3.62. The summed E-state index contributed by atoms with van der Waals surface area (Å²) < 4.78 is 1.78. The van der Waals surface area contributed by atoms with Crippen molar-refractivity contribution in [2.45, 2.75) is 13.3 Å². The van der Waals surface area contributed by atoms with Crippen LogP contribution >= 0.6 is 0 Å². The van der Waals surface area contributed by atoms with Crippen molar-refractivity contribution in [1.29, 1.82) is 0 Å². The Morgan fingerprint density at radius 2 is 2.04 bits per heavy atom. The van der Waals surface area contributed by atoms with Gasteiger partial charge in [-0.05, 0) is 19.9 Å². The minimum Gasteiger partial charge on any atom is -0.352 e. The summed E-state index contributed by atoms with van der Waals surface area (Å²) in [6, 6.07) is 0. The molecule has 2 aromatic heterocycles. The van der Waals surface area contributed by atoms with Crippen LogP contribution in [0.15, 0.2) is 6.20 Å². The number of aromatic nitrogens is 4. The lowest BCUT2D eigenvalue weighted by Gasteiger charge is -2.36. The van der Waals surface area contributed by atoms with Crippen LogP contribution in [0.1, 0.15) is 12.2 Å². The standard InChI is InChI=1S/C16H23N7O/c1-11-19-14-13(10-18-21(14)2)15(20-11)22-5-7-23(8-6-22)16(24)12-3-4-17-9-12/h10,12,17H,3-9H2,1-2H3. The number of hydrogen-bond acceptors (Lipinski definition) is 6. The number of carbonyl (C=O) groups excluding carboxylic acids is 1. The molecule has 1 atom stereocenters. The minimum atomic E-state index is 0.155. The van der Waals surface area contributed by atoms with Crippen LogP contribution in [0.3, 0.4) is 0 Å². The molecule has 0 aliphatic carbocycles. The van der Waals surface area contributed by atoms with Gasteiger partial charge in [0.1, 0.15) is 11.6 Å². The van der Waals surface area contributed by atoms with Gasteiger partial charge in [-0.15, -0.1) is 0 Å². The fraction of sp³-hybridized carbons (Fsp3) is 0.625. The van der Waals surface area contributed by atoms with Crippen LogP contribution in [0.5, 0.6) is 0 Å². The molecule has 0 radical (unpaired) electrons. The Balaban J connectivity index is 1.51. The number of nitrogens with one attached hydrogen (secondary N) is 1. The number of piperazine rings is 1. The van der Waals surface area contributed by atoms with Crippen molar-refractivity contribution in [1.82, 2.24) is 30.0 Å². The van der Waals surface area contributed by atoms with Crippen molar-refractivity contribution in [3.8, 4) is 0 Å². The molecule has 2 aromatic rings. The second kappa shape index (κ2) is 6.01. The summed E-state index contributed by atoms with van der Waals surface area (Å²) in [5.74, 6) is 2.13. The van der Waals surface area contributed by atoms with Gasteiger partial charge in [0.2, 0.25) is 5.91 Å². The maximum absolute atomic E-state index is 12.5. The van der Waals surface area contributed by atoms with Gasteiger partial charge >= 0.3 is 0 Å². The maximum Gasteiger partial charge on any atom is 0.227 e. The molecule has 8 heteroatoms. The van der Waals surface area contributed by atoms with Crippen molar-refractivity contribution < 1.29 is 4.79 Å². The summed E-state index contributed by atoms with van der Waals surface area (Å²) in [6.07, 6.45) is 2.78. The first-order chi connectivity index (χ1) is 11.6. The molecule has 8 nitrogen and oxygen atoms in total. The first kappa shape index (κ1) is 15.3. The average molecular weight is 329 g/mol. The lowest BCUT2D eigenvalue weighted by molar-refractivity contribution is -0.135. The van der Waals surface area contributed by atoms with Gasteiger partial charge in [-0.25, -0.2) is 9.97 Å². The quantitative estimate of drug-likeness (QED) is 0.831. The number of aryl methyl sites for hydroxylation is 2. The van der Waals surface area contributed by atoms with E-state index in [1.807, 2.05) is 25.1 Å². The summed E-state index contributed by atoms with van der Waals surface area (Å²) in [6.45, 7) is 6.78. The van der Waals surface area contributed by atoms with Crippen LogP contribution in [-0.4, -0.2) is 69.8 Å². The van der Waals surface area contributed by atoms with E-state index in [0.29, 0.717) is 5.91 Å². The smallest absolute Gasteiger partial charge is 0.227 e. The van der Waals surface area contributed by atoms with Gasteiger partial charge in [0.15, 0.2) is 5.65 Å². The van der Waals surface area contributed by atoms with Gasteiger partial charge in [-0.2, -0.15) is 5.10 Å². The molecule has 128 valence electrons. The molecule has 1 amide bonds. The first-order valence-corrected chi connectivity index (χ1v) is 8.54. The third-order valence-electron chi connectivity index (χ3n) is 4.98. The zero-order valence-corrected chi connectivity index (χ0v) is 14.2. The van der Waals surface area contributed by atoms with E-state index in [1.54, 1.807) is 4.68 Å². The second-order valence-corrected chi connectivity index (χ2v) is 6.60. The highest BCUT2D eigenvalue weighted by Gasteiger charge is 2.30. The molecular weight excluding hydrogens is 306 g/mol. The lowest BCUT2D eigenvalue weighted by atomic mass is 10.1. The third kappa shape index (κ3) is 2.60. The van der Waals surface area contributed by atoms with E-state index in [0.717, 1.165) is 68.4 Å². The number of amides is 1. The third-order valence-corrected chi connectivity index (χ3v) is 4.98. The molecule has 2 fully saturated rings. The topological polar surface area (TPSA) is 79.2 Å². The number of carbonyl (C=O) groups is 1. The Hall–Kier alpha value is -2.22. The minimum absolute atomic E-state index is 0.155. The largest absolute Gasteiger partial charge is 0.352 e. The van der Waals surface area contributed by atoms with Crippen molar-refractivity contribution >= 4 is 22.8 Å². The Kier molecular flexibility index (Phi) is 3.84. The van der Waals surface area contributed by atoms with Crippen molar-refractivity contribution in [2.75, 3.05) is 44.2 Å². The number of nitrogens with zero attached hydrogens (tertiary/aromatic N) is 6. The van der Waals surface area contributed by atoms with E-state index in [4.69, 9.17) is 0 Å². The monoisotopic (exact) mass is 329 g/mol. The van der Waals surface area contributed by atoms with Crippen LogP contribution in [0.4, 0.5) is 5.82 Å². The lowest BCUT2D eigenvalue weighted by Crippen LogP contribution is -2.51. The highest BCUT2D eigenvalue weighted by atomic mass is 16.2. The van der Waals surface area contributed by atoms with Gasteiger partial charge in [-0.1, -0.05) is 0 Å². The fourth-order valence-corrected chi connectivity index (χ4v) is 3.62. The molecule has 24 heavy (non-hydrogen) atoms. The molecule has 4 heterocycles. The molecule has 1 unspecified atom stereocenters. The van der Waals surface area contributed by atoms with Crippen molar-refractivity contribution in [3.05, 3.63) is 12.0 Å². The average Bonchev–Trinajstić information content (AvgIpc) is 3.25. The highest BCUT2D eigenvalue weighted by Crippen LogP contribution is 2.25. The summed E-state index contributed by atoms with van der Waals surface area (Å²) in [5.41, 5.74) is 0.855. The predicted octanol–water partition coefficient (Wildman–Crippen LogP) is -0.0702. The summed E-state index contributed by atoms with van der Waals surface area (Å²) in [4.78, 5) is 25.9. The molecule has 2 aliphatic rings. The zero-order chi connectivity index (χ0) is 16.7. The Bertz CT molecular complexity index is 757. The molecule has 0 bridgehead atoms. The van der Waals surface area contributed by atoms with E-state index in [2.05, 4.69) is 25.3 Å². The SMILES string of the molecule is Cc1nc(N2CCN(C(=O)C3CCNC3)CC2)c2cnn(C)c2n1. The first-order valence-electron chi connectivity index (χ1n) is 8.54. The van der Waals surface area contributed by atoms with Crippen molar-refractivity contribution in [2.24, 2.45) is 13.0 Å². The van der Waals surface area contributed by atoms with Gasteiger partial charge < -0.3 is 15.1 Å². The number of rotatable bonds is 2. The van der Waals surface area contributed by atoms with Gasteiger partial charge in [0.05, 0.1) is 17.5 Å². The molecule has 2 aliphatic heterocycles. The van der Waals surface area contributed by atoms with Gasteiger partial charge in [-0.3, -0.25) is 9.48 Å². The van der Waals surface area contributed by atoms with E-state index in [9.17, 15) is 4.79 Å².